The summed E-state index contributed by atoms with van der Waals surface area (Å²) in [7, 11) is 1.68. The first-order valence-electron chi connectivity index (χ1n) is 9.34. The van der Waals surface area contributed by atoms with Crippen molar-refractivity contribution in [3.63, 3.8) is 0 Å². The molecule has 1 aliphatic carbocycles. The number of Topliss-reactive ketones (excluding diaryl/α,β-unsaturated/α-hetero) is 1. The fourth-order valence-electron chi connectivity index (χ4n) is 3.42. The molecule has 0 heterocycles. The summed E-state index contributed by atoms with van der Waals surface area (Å²) >= 11 is 0. The van der Waals surface area contributed by atoms with Crippen LogP contribution in [-0.4, -0.2) is 36.9 Å². The highest BCUT2D eigenvalue weighted by atomic mass is 19.1. The van der Waals surface area contributed by atoms with E-state index in [9.17, 15) is 14.0 Å². The Morgan fingerprint density at radius 3 is 2.57 bits per heavy atom. The van der Waals surface area contributed by atoms with Crippen LogP contribution in [0.5, 0.6) is 11.5 Å². The molecule has 148 valence electrons. The van der Waals surface area contributed by atoms with Crippen LogP contribution in [0, 0.1) is 5.82 Å². The number of likely N-dealkylation sites (N-methyl/N-ethyl adjacent to an activating group) is 1. The van der Waals surface area contributed by atoms with Crippen molar-refractivity contribution < 1.29 is 23.5 Å². The van der Waals surface area contributed by atoms with Crippen LogP contribution >= 0.6 is 0 Å². The summed E-state index contributed by atoms with van der Waals surface area (Å²) in [5.41, 5.74) is 1.62. The number of carbonyl (C=O) groups excluding carboxylic acids is 2. The van der Waals surface area contributed by atoms with Crippen LogP contribution in [0.3, 0.4) is 0 Å². The van der Waals surface area contributed by atoms with Gasteiger partial charge in [-0.3, -0.25) is 9.59 Å². The Labute approximate surface area is 164 Å². The molecule has 0 saturated heterocycles. The van der Waals surface area contributed by atoms with E-state index in [4.69, 9.17) is 9.47 Å². The van der Waals surface area contributed by atoms with Gasteiger partial charge in [0.1, 0.15) is 17.3 Å². The van der Waals surface area contributed by atoms with Crippen molar-refractivity contribution in [2.24, 2.45) is 0 Å². The molecule has 2 aromatic carbocycles. The van der Waals surface area contributed by atoms with Crippen molar-refractivity contribution in [2.75, 3.05) is 20.3 Å². The molecule has 0 N–H and O–H groups in total. The molecule has 6 heteroatoms. The Bertz CT molecular complexity index is 879. The van der Waals surface area contributed by atoms with Crippen LogP contribution in [0.2, 0.25) is 0 Å². The van der Waals surface area contributed by atoms with E-state index < -0.39 is 5.82 Å². The van der Waals surface area contributed by atoms with Crippen LogP contribution in [0.15, 0.2) is 36.4 Å². The summed E-state index contributed by atoms with van der Waals surface area (Å²) in [6.07, 6.45) is 0.262. The van der Waals surface area contributed by atoms with E-state index in [-0.39, 0.29) is 41.9 Å². The highest BCUT2D eigenvalue weighted by Crippen LogP contribution is 2.39. The average Bonchev–Trinajstić information content (AvgIpc) is 2.98. The smallest absolute Gasteiger partial charge is 0.260 e. The van der Waals surface area contributed by atoms with Gasteiger partial charge in [0.05, 0.1) is 12.2 Å². The van der Waals surface area contributed by atoms with Gasteiger partial charge in [-0.25, -0.2) is 4.39 Å². The fourth-order valence-corrected chi connectivity index (χ4v) is 3.42. The summed E-state index contributed by atoms with van der Waals surface area (Å²) in [6, 6.07) is 10.2. The third-order valence-corrected chi connectivity index (χ3v) is 4.85. The molecule has 2 aromatic rings. The Balaban J connectivity index is 1.62. The molecule has 1 amide bonds. The van der Waals surface area contributed by atoms with E-state index in [2.05, 4.69) is 0 Å². The van der Waals surface area contributed by atoms with Crippen LogP contribution in [0.1, 0.15) is 47.7 Å². The summed E-state index contributed by atoms with van der Waals surface area (Å²) < 4.78 is 25.1. The molecule has 0 radical (unpaired) electrons. The van der Waals surface area contributed by atoms with Gasteiger partial charge in [-0.05, 0) is 42.7 Å². The summed E-state index contributed by atoms with van der Waals surface area (Å²) in [5.74, 6) is 0.0996. The van der Waals surface area contributed by atoms with E-state index in [1.807, 2.05) is 38.1 Å². The predicted molar refractivity (Wildman–Crippen MR) is 103 cm³/mol. The number of rotatable bonds is 7. The first kappa shape index (κ1) is 19.9. The Morgan fingerprint density at radius 1 is 1.18 bits per heavy atom. The maximum atomic E-state index is 14.0. The third kappa shape index (κ3) is 4.16. The maximum absolute atomic E-state index is 14.0. The quantitative estimate of drug-likeness (QED) is 0.724. The van der Waals surface area contributed by atoms with E-state index in [1.54, 1.807) is 11.9 Å². The average molecular weight is 385 g/mol. The minimum atomic E-state index is -0.403. The maximum Gasteiger partial charge on any atom is 0.260 e. The number of halogens is 1. The standard InChI is InChI=1S/C22H24FNO4/c1-4-27-16-7-5-15(6-8-16)12-24(3)20(26)13-28-19-10-9-17(23)21-14(2)11-18(25)22(19)21/h5-10,14H,4,11-13H2,1-3H3/t14-/m1/s1. The number of hydrogen-bond acceptors (Lipinski definition) is 4. The molecule has 3 rings (SSSR count). The number of carbonyl (C=O) groups is 2. The Kier molecular flexibility index (Phi) is 5.97. The van der Waals surface area contributed by atoms with E-state index >= 15 is 0 Å². The molecule has 0 aromatic heterocycles. The van der Waals surface area contributed by atoms with Gasteiger partial charge in [0.25, 0.3) is 5.91 Å². The van der Waals surface area contributed by atoms with E-state index in [0.29, 0.717) is 18.7 Å². The minimum absolute atomic E-state index is 0.146. The zero-order chi connectivity index (χ0) is 20.3. The SMILES string of the molecule is CCOc1ccc(CN(C)C(=O)COc2ccc(F)c3c2C(=O)C[C@H]3C)cc1. The highest BCUT2D eigenvalue weighted by Gasteiger charge is 2.32. The van der Waals surface area contributed by atoms with Crippen LogP contribution in [-0.2, 0) is 11.3 Å². The lowest BCUT2D eigenvalue weighted by Gasteiger charge is -2.18. The van der Waals surface area contributed by atoms with Gasteiger partial charge in [-0.2, -0.15) is 0 Å². The molecule has 1 aliphatic rings. The van der Waals surface area contributed by atoms with Gasteiger partial charge in [-0.15, -0.1) is 0 Å². The molecule has 0 saturated carbocycles. The number of ketones is 1. The van der Waals surface area contributed by atoms with Crippen molar-refractivity contribution >= 4 is 11.7 Å². The first-order valence-corrected chi connectivity index (χ1v) is 9.34. The molecule has 5 nitrogen and oxygen atoms in total. The normalized spacial score (nSPS) is 15.3. The van der Waals surface area contributed by atoms with Gasteiger partial charge < -0.3 is 14.4 Å². The van der Waals surface area contributed by atoms with Crippen LogP contribution < -0.4 is 9.47 Å². The lowest BCUT2D eigenvalue weighted by molar-refractivity contribution is -0.132. The monoisotopic (exact) mass is 385 g/mol. The topological polar surface area (TPSA) is 55.8 Å². The Hall–Kier alpha value is -2.89. The number of nitrogens with zero attached hydrogens (tertiary/aromatic N) is 1. The van der Waals surface area contributed by atoms with Gasteiger partial charge in [-0.1, -0.05) is 19.1 Å². The van der Waals surface area contributed by atoms with Gasteiger partial charge in [0.2, 0.25) is 0 Å². The molecule has 28 heavy (non-hydrogen) atoms. The van der Waals surface area contributed by atoms with Crippen LogP contribution in [0.4, 0.5) is 4.39 Å². The second-order valence-corrected chi connectivity index (χ2v) is 6.98. The van der Waals surface area contributed by atoms with Crippen molar-refractivity contribution in [3.8, 4) is 11.5 Å². The lowest BCUT2D eigenvalue weighted by atomic mass is 10.0. The van der Waals surface area contributed by atoms with E-state index in [0.717, 1.165) is 11.3 Å². The van der Waals surface area contributed by atoms with Crippen molar-refractivity contribution in [2.45, 2.75) is 32.7 Å². The molecular weight excluding hydrogens is 361 g/mol. The predicted octanol–water partition coefficient (Wildman–Crippen LogP) is 3.95. The summed E-state index contributed by atoms with van der Waals surface area (Å²) in [4.78, 5) is 26.2. The molecule has 0 unspecified atom stereocenters. The van der Waals surface area contributed by atoms with Gasteiger partial charge >= 0.3 is 0 Å². The molecule has 1 atom stereocenters. The molecule has 0 aliphatic heterocycles. The Morgan fingerprint density at radius 2 is 1.89 bits per heavy atom. The van der Waals surface area contributed by atoms with Crippen molar-refractivity contribution in [1.29, 1.82) is 0 Å². The lowest BCUT2D eigenvalue weighted by Crippen LogP contribution is -2.31. The zero-order valence-electron chi connectivity index (χ0n) is 16.3. The molecular formula is C22H24FNO4. The minimum Gasteiger partial charge on any atom is -0.494 e. The van der Waals surface area contributed by atoms with Crippen molar-refractivity contribution in [3.05, 3.63) is 58.9 Å². The van der Waals surface area contributed by atoms with Gasteiger partial charge in [0, 0.05) is 25.6 Å². The summed E-state index contributed by atoms with van der Waals surface area (Å²) in [6.45, 7) is 4.54. The molecule has 0 spiro atoms. The zero-order valence-corrected chi connectivity index (χ0v) is 16.3. The number of hydrogen-bond donors (Lipinski definition) is 0. The summed E-state index contributed by atoms with van der Waals surface area (Å²) in [5, 5.41) is 0. The first-order chi connectivity index (χ1) is 13.4. The van der Waals surface area contributed by atoms with Gasteiger partial charge in [0.15, 0.2) is 12.4 Å². The second kappa shape index (κ2) is 8.42. The van der Waals surface area contributed by atoms with E-state index in [1.165, 1.54) is 12.1 Å². The second-order valence-electron chi connectivity index (χ2n) is 6.98. The number of amides is 1. The molecule has 0 fully saturated rings. The fraction of sp³-hybridized carbons (Fsp3) is 0.364. The highest BCUT2D eigenvalue weighted by molar-refractivity contribution is 6.03. The third-order valence-electron chi connectivity index (χ3n) is 4.85. The van der Waals surface area contributed by atoms with Crippen molar-refractivity contribution in [1.82, 2.24) is 4.90 Å². The molecule has 0 bridgehead atoms. The van der Waals surface area contributed by atoms with Crippen LogP contribution in [0.25, 0.3) is 0 Å². The number of ether oxygens (including phenoxy) is 2. The largest absolute Gasteiger partial charge is 0.494 e. The number of benzene rings is 2. The number of fused-ring (bicyclic) bond motifs is 1.